The zero-order valence-corrected chi connectivity index (χ0v) is 16.9. The van der Waals surface area contributed by atoms with Crippen molar-refractivity contribution in [3.05, 3.63) is 65.0 Å². The molecule has 1 heterocycles. The molecule has 0 aliphatic rings. The number of thioether (sulfide) groups is 1. The van der Waals surface area contributed by atoms with Gasteiger partial charge in [-0.05, 0) is 48.7 Å². The number of benzene rings is 2. The van der Waals surface area contributed by atoms with E-state index in [1.54, 1.807) is 7.11 Å². The Morgan fingerprint density at radius 2 is 1.93 bits per heavy atom. The molecule has 0 aliphatic carbocycles. The van der Waals surface area contributed by atoms with Crippen LogP contribution in [-0.2, 0) is 11.2 Å². The Balaban J connectivity index is 1.59. The van der Waals surface area contributed by atoms with Gasteiger partial charge in [0, 0.05) is 12.1 Å². The van der Waals surface area contributed by atoms with Crippen LogP contribution in [-0.4, -0.2) is 33.6 Å². The topological polar surface area (TPSA) is 95.1 Å². The minimum Gasteiger partial charge on any atom is -0.497 e. The number of amides is 1. The van der Waals surface area contributed by atoms with Crippen LogP contribution < -0.4 is 15.9 Å². The third kappa shape index (κ3) is 4.64. The van der Waals surface area contributed by atoms with E-state index >= 15 is 0 Å². The molecule has 8 heteroatoms. The molecule has 0 fully saturated rings. The predicted octanol–water partition coefficient (Wildman–Crippen LogP) is 2.94. The lowest BCUT2D eigenvalue weighted by atomic mass is 10.1. The fourth-order valence-corrected chi connectivity index (χ4v) is 3.33. The van der Waals surface area contributed by atoms with Crippen molar-refractivity contribution in [2.45, 2.75) is 25.4 Å². The zero-order valence-electron chi connectivity index (χ0n) is 16.1. The van der Waals surface area contributed by atoms with Crippen molar-refractivity contribution in [1.82, 2.24) is 14.9 Å². The Hall–Kier alpha value is -3.00. The van der Waals surface area contributed by atoms with Gasteiger partial charge in [0.05, 0.1) is 12.9 Å². The minimum atomic E-state index is -0.113. The summed E-state index contributed by atoms with van der Waals surface area (Å²) < 4.78 is 6.59. The highest BCUT2D eigenvalue weighted by molar-refractivity contribution is 7.99. The van der Waals surface area contributed by atoms with Crippen molar-refractivity contribution >= 4 is 23.4 Å². The molecule has 146 valence electrons. The van der Waals surface area contributed by atoms with Gasteiger partial charge in [-0.15, -0.1) is 10.2 Å². The van der Waals surface area contributed by atoms with Gasteiger partial charge in [0.25, 0.3) is 0 Å². The van der Waals surface area contributed by atoms with E-state index in [0.29, 0.717) is 17.4 Å². The first-order valence-corrected chi connectivity index (χ1v) is 9.77. The number of aryl methyl sites for hydroxylation is 1. The van der Waals surface area contributed by atoms with Gasteiger partial charge in [0.15, 0.2) is 5.82 Å². The van der Waals surface area contributed by atoms with Crippen molar-refractivity contribution < 1.29 is 9.53 Å². The molecule has 1 amide bonds. The Bertz CT molecular complexity index is 969. The fraction of sp³-hybridized carbons (Fsp3) is 0.250. The van der Waals surface area contributed by atoms with E-state index in [0.717, 1.165) is 28.1 Å². The summed E-state index contributed by atoms with van der Waals surface area (Å²) in [5.41, 5.74) is 4.06. The van der Waals surface area contributed by atoms with Crippen molar-refractivity contribution in [2.24, 2.45) is 0 Å². The van der Waals surface area contributed by atoms with E-state index < -0.39 is 0 Å². The molecule has 3 rings (SSSR count). The summed E-state index contributed by atoms with van der Waals surface area (Å²) in [6.07, 6.45) is 0.544. The second kappa shape index (κ2) is 8.79. The molecular weight excluding hydrogens is 374 g/mol. The van der Waals surface area contributed by atoms with Gasteiger partial charge in [0.1, 0.15) is 5.75 Å². The molecule has 2 aromatic carbocycles. The molecule has 3 N–H and O–H groups in total. The largest absolute Gasteiger partial charge is 0.497 e. The highest BCUT2D eigenvalue weighted by Crippen LogP contribution is 2.20. The number of aromatic nitrogens is 3. The lowest BCUT2D eigenvalue weighted by Gasteiger charge is -2.10. The van der Waals surface area contributed by atoms with Crippen LogP contribution >= 0.6 is 11.8 Å². The number of methoxy groups -OCH3 is 1. The predicted molar refractivity (Wildman–Crippen MR) is 111 cm³/mol. The molecule has 28 heavy (non-hydrogen) atoms. The Morgan fingerprint density at radius 3 is 2.64 bits per heavy atom. The minimum absolute atomic E-state index is 0.113. The summed E-state index contributed by atoms with van der Waals surface area (Å²) in [5.74, 6) is 7.61. The number of nitrogens with one attached hydrogen (secondary N) is 1. The van der Waals surface area contributed by atoms with Crippen LogP contribution in [0.4, 0.5) is 5.69 Å². The molecule has 0 unspecified atom stereocenters. The molecule has 0 saturated carbocycles. The van der Waals surface area contributed by atoms with Gasteiger partial charge in [-0.1, -0.05) is 36.0 Å². The van der Waals surface area contributed by atoms with E-state index in [1.807, 2.05) is 56.3 Å². The third-order valence-corrected chi connectivity index (χ3v) is 5.41. The van der Waals surface area contributed by atoms with Crippen molar-refractivity contribution in [3.8, 4) is 5.75 Å². The van der Waals surface area contributed by atoms with Gasteiger partial charge in [-0.2, -0.15) is 0 Å². The summed E-state index contributed by atoms with van der Waals surface area (Å²) in [5, 5.41) is 11.7. The number of carbonyl (C=O) groups is 1. The number of nitrogens with two attached hydrogens (primary N) is 1. The molecule has 0 bridgehead atoms. The van der Waals surface area contributed by atoms with E-state index in [2.05, 4.69) is 15.5 Å². The quantitative estimate of drug-likeness (QED) is 0.470. The van der Waals surface area contributed by atoms with Crippen LogP contribution in [0.25, 0.3) is 0 Å². The van der Waals surface area contributed by atoms with E-state index in [1.165, 1.54) is 16.4 Å². The normalized spacial score (nSPS) is 10.7. The van der Waals surface area contributed by atoms with Gasteiger partial charge in [0.2, 0.25) is 11.1 Å². The molecular formula is C20H23N5O2S. The molecule has 0 saturated heterocycles. The SMILES string of the molecule is COc1ccc(Cc2nnc(SCC(=O)Nc3cccc(C)c3C)n2N)cc1. The zero-order chi connectivity index (χ0) is 20.1. The molecule has 1 aromatic heterocycles. The number of carbonyl (C=O) groups excluding carboxylic acids is 1. The molecule has 0 radical (unpaired) electrons. The van der Waals surface area contributed by atoms with E-state index in [4.69, 9.17) is 10.6 Å². The Kier molecular flexibility index (Phi) is 6.20. The van der Waals surface area contributed by atoms with Crippen LogP contribution in [0.2, 0.25) is 0 Å². The summed E-state index contributed by atoms with van der Waals surface area (Å²) in [4.78, 5) is 12.3. The molecule has 0 spiro atoms. The van der Waals surface area contributed by atoms with Gasteiger partial charge in [-0.25, -0.2) is 4.68 Å². The Morgan fingerprint density at radius 1 is 1.18 bits per heavy atom. The maximum absolute atomic E-state index is 12.3. The van der Waals surface area contributed by atoms with Crippen molar-refractivity contribution in [3.63, 3.8) is 0 Å². The summed E-state index contributed by atoms with van der Waals surface area (Å²) in [7, 11) is 1.63. The molecule has 0 atom stereocenters. The third-order valence-electron chi connectivity index (χ3n) is 4.47. The first-order chi connectivity index (χ1) is 13.5. The second-order valence-electron chi connectivity index (χ2n) is 6.38. The monoisotopic (exact) mass is 397 g/mol. The van der Waals surface area contributed by atoms with Gasteiger partial charge in [-0.3, -0.25) is 4.79 Å². The summed E-state index contributed by atoms with van der Waals surface area (Å²) in [6.45, 7) is 4.00. The standard InChI is InChI=1S/C20H23N5O2S/c1-13-5-4-6-17(14(13)2)22-19(26)12-28-20-24-23-18(25(20)21)11-15-7-9-16(27-3)10-8-15/h4-10H,11-12,21H2,1-3H3,(H,22,26). The fourth-order valence-electron chi connectivity index (χ4n) is 2.66. The lowest BCUT2D eigenvalue weighted by molar-refractivity contribution is -0.113. The van der Waals surface area contributed by atoms with Gasteiger partial charge < -0.3 is 15.9 Å². The number of hydrogen-bond donors (Lipinski definition) is 2. The van der Waals surface area contributed by atoms with Crippen LogP contribution in [0, 0.1) is 13.8 Å². The number of rotatable bonds is 7. The van der Waals surface area contributed by atoms with Crippen molar-refractivity contribution in [1.29, 1.82) is 0 Å². The number of anilines is 1. The first kappa shape index (κ1) is 19.8. The number of ether oxygens (including phenoxy) is 1. The van der Waals surface area contributed by atoms with Crippen LogP contribution in [0.5, 0.6) is 5.75 Å². The maximum atomic E-state index is 12.3. The highest BCUT2D eigenvalue weighted by atomic mass is 32.2. The molecule has 7 nitrogen and oxygen atoms in total. The second-order valence-corrected chi connectivity index (χ2v) is 7.32. The van der Waals surface area contributed by atoms with E-state index in [9.17, 15) is 4.79 Å². The Labute approximate surface area is 168 Å². The first-order valence-electron chi connectivity index (χ1n) is 8.79. The van der Waals surface area contributed by atoms with Crippen LogP contribution in [0.3, 0.4) is 0 Å². The van der Waals surface area contributed by atoms with Gasteiger partial charge >= 0.3 is 0 Å². The molecule has 0 aliphatic heterocycles. The lowest BCUT2D eigenvalue weighted by Crippen LogP contribution is -2.18. The van der Waals surface area contributed by atoms with Crippen LogP contribution in [0.15, 0.2) is 47.6 Å². The van der Waals surface area contributed by atoms with E-state index in [-0.39, 0.29) is 11.7 Å². The highest BCUT2D eigenvalue weighted by Gasteiger charge is 2.13. The average molecular weight is 398 g/mol. The number of nitrogens with zero attached hydrogens (tertiary/aromatic N) is 3. The smallest absolute Gasteiger partial charge is 0.234 e. The van der Waals surface area contributed by atoms with Crippen LogP contribution in [0.1, 0.15) is 22.5 Å². The maximum Gasteiger partial charge on any atom is 0.234 e. The number of hydrogen-bond acceptors (Lipinski definition) is 6. The average Bonchev–Trinajstić information content (AvgIpc) is 3.04. The summed E-state index contributed by atoms with van der Waals surface area (Å²) >= 11 is 1.25. The van der Waals surface area contributed by atoms with Crippen molar-refractivity contribution in [2.75, 3.05) is 24.0 Å². The number of nitrogen functional groups attached to an aromatic ring is 1. The molecule has 3 aromatic rings. The summed E-state index contributed by atoms with van der Waals surface area (Å²) in [6, 6.07) is 13.5.